The average Bonchev–Trinajstić information content (AvgIpc) is 3.71. The second kappa shape index (κ2) is 12.4. The van der Waals surface area contributed by atoms with Crippen molar-refractivity contribution in [1.82, 2.24) is 19.6 Å². The molecule has 3 aromatic heterocycles. The number of halogens is 2. The van der Waals surface area contributed by atoms with Gasteiger partial charge < -0.3 is 19.0 Å². The third-order valence-corrected chi connectivity index (χ3v) is 10.1. The van der Waals surface area contributed by atoms with Crippen molar-refractivity contribution in [3.8, 4) is 11.5 Å². The Hall–Kier alpha value is -4.10. The molecule has 1 N–H and O–H groups in total. The molecule has 0 spiro atoms. The summed E-state index contributed by atoms with van der Waals surface area (Å²) in [7, 11) is 3.00. The van der Waals surface area contributed by atoms with Crippen LogP contribution >= 0.6 is 46.3 Å². The van der Waals surface area contributed by atoms with Gasteiger partial charge in [0.15, 0.2) is 21.6 Å². The number of nitrogens with zero attached hydrogens (tertiary/aromatic N) is 5. The summed E-state index contributed by atoms with van der Waals surface area (Å²) in [5.74, 6) is -0.809. The standard InChI is InChI=1S/C31H25Cl2N5O5S2/c1-15-6-5-11-37-16(2)24(34-28(15)37)26(39)23-25(17-8-10-21(42-3)22(12-17)43-4)38(29(41)27(23)40)30-35-36-31(45-30)44-14-18-7-9-19(32)13-20(18)33/h5-13,25,39H,14H2,1-4H3. The molecule has 1 saturated heterocycles. The topological polar surface area (TPSA) is 119 Å². The molecule has 1 fully saturated rings. The summed E-state index contributed by atoms with van der Waals surface area (Å²) in [6.07, 6.45) is 1.82. The molecule has 10 nitrogen and oxygen atoms in total. The number of ether oxygens (including phenoxy) is 2. The first-order valence-electron chi connectivity index (χ1n) is 13.5. The molecule has 0 radical (unpaired) electrons. The van der Waals surface area contributed by atoms with Gasteiger partial charge in [-0.15, -0.1) is 10.2 Å². The maximum Gasteiger partial charge on any atom is 0.301 e. The van der Waals surface area contributed by atoms with Gasteiger partial charge in [0, 0.05) is 22.0 Å². The smallest absolute Gasteiger partial charge is 0.301 e. The lowest BCUT2D eigenvalue weighted by Gasteiger charge is -2.23. The van der Waals surface area contributed by atoms with E-state index in [1.807, 2.05) is 35.7 Å². The lowest BCUT2D eigenvalue weighted by Crippen LogP contribution is -2.29. The number of ketones is 1. The molecule has 0 saturated carbocycles. The van der Waals surface area contributed by atoms with Crippen LogP contribution in [0.2, 0.25) is 10.0 Å². The van der Waals surface area contributed by atoms with Crippen molar-refractivity contribution in [2.75, 3.05) is 19.1 Å². The molecule has 230 valence electrons. The van der Waals surface area contributed by atoms with Crippen molar-refractivity contribution in [2.45, 2.75) is 30.0 Å². The number of aliphatic hydroxyl groups is 1. The number of amides is 1. The van der Waals surface area contributed by atoms with E-state index in [1.165, 1.54) is 30.9 Å². The van der Waals surface area contributed by atoms with Crippen LogP contribution in [0.3, 0.4) is 0 Å². The maximum absolute atomic E-state index is 13.8. The SMILES string of the molecule is COc1ccc(C2C(=C(O)c3nc4c(C)cccn4c3C)C(=O)C(=O)N2c2nnc(SCc3ccc(Cl)cc3Cl)s2)cc1OC. The van der Waals surface area contributed by atoms with Crippen LogP contribution in [-0.4, -0.2) is 50.6 Å². The summed E-state index contributed by atoms with van der Waals surface area (Å²) in [6.45, 7) is 3.69. The molecule has 1 aliphatic heterocycles. The van der Waals surface area contributed by atoms with Crippen molar-refractivity contribution in [2.24, 2.45) is 0 Å². The fourth-order valence-corrected chi connectivity index (χ4v) is 7.60. The fourth-order valence-electron chi connectivity index (χ4n) is 5.18. The first-order chi connectivity index (χ1) is 21.6. The number of anilines is 1. The number of Topliss-reactive ketones (excluding diaryl/α,β-unsaturated/α-hetero) is 1. The Kier molecular flexibility index (Phi) is 8.49. The van der Waals surface area contributed by atoms with Gasteiger partial charge in [-0.25, -0.2) is 4.98 Å². The summed E-state index contributed by atoms with van der Waals surface area (Å²) < 4.78 is 13.3. The summed E-state index contributed by atoms with van der Waals surface area (Å²) in [4.78, 5) is 33.4. The van der Waals surface area contributed by atoms with E-state index in [0.29, 0.717) is 48.5 Å². The lowest BCUT2D eigenvalue weighted by molar-refractivity contribution is -0.132. The van der Waals surface area contributed by atoms with Crippen LogP contribution in [0.4, 0.5) is 5.13 Å². The van der Waals surface area contributed by atoms with Crippen LogP contribution in [0.25, 0.3) is 11.4 Å². The summed E-state index contributed by atoms with van der Waals surface area (Å²) >= 11 is 14.9. The van der Waals surface area contributed by atoms with Gasteiger partial charge in [-0.1, -0.05) is 64.5 Å². The first-order valence-corrected chi connectivity index (χ1v) is 16.1. The van der Waals surface area contributed by atoms with E-state index in [4.69, 9.17) is 32.7 Å². The number of thioether (sulfide) groups is 1. The van der Waals surface area contributed by atoms with E-state index in [2.05, 4.69) is 15.2 Å². The highest BCUT2D eigenvalue weighted by Crippen LogP contribution is 2.46. The van der Waals surface area contributed by atoms with Crippen LogP contribution < -0.4 is 14.4 Å². The number of aromatic nitrogens is 4. The molecule has 14 heteroatoms. The number of carbonyl (C=O) groups is 2. The summed E-state index contributed by atoms with van der Waals surface area (Å²) in [6, 6.07) is 13.0. The molecule has 1 amide bonds. The largest absolute Gasteiger partial charge is 0.505 e. The third-order valence-electron chi connectivity index (χ3n) is 7.44. The second-order valence-corrected chi connectivity index (χ2v) is 13.1. The molecule has 2 aromatic carbocycles. The Morgan fingerprint density at radius 2 is 1.82 bits per heavy atom. The van der Waals surface area contributed by atoms with Crippen molar-refractivity contribution >= 4 is 74.5 Å². The second-order valence-electron chi connectivity index (χ2n) is 10.1. The number of hydrogen-bond donors (Lipinski definition) is 1. The molecule has 4 heterocycles. The molecule has 5 aromatic rings. The Labute approximate surface area is 276 Å². The van der Waals surface area contributed by atoms with Gasteiger partial charge in [0.2, 0.25) is 5.13 Å². The van der Waals surface area contributed by atoms with Crippen LogP contribution in [0, 0.1) is 13.8 Å². The Morgan fingerprint density at radius 3 is 2.53 bits per heavy atom. The number of imidazole rings is 1. The highest BCUT2D eigenvalue weighted by Gasteiger charge is 2.49. The molecular weight excluding hydrogens is 657 g/mol. The molecule has 6 rings (SSSR count). The number of rotatable bonds is 8. The molecular formula is C31H25Cl2N5O5S2. The van der Waals surface area contributed by atoms with Gasteiger partial charge >= 0.3 is 5.91 Å². The van der Waals surface area contributed by atoms with Gasteiger partial charge in [0.25, 0.3) is 5.78 Å². The predicted molar refractivity (Wildman–Crippen MR) is 175 cm³/mol. The molecule has 1 aliphatic rings. The number of pyridine rings is 1. The van der Waals surface area contributed by atoms with Gasteiger partial charge in [0.05, 0.1) is 31.5 Å². The van der Waals surface area contributed by atoms with E-state index in [9.17, 15) is 14.7 Å². The van der Waals surface area contributed by atoms with Crippen molar-refractivity contribution in [1.29, 1.82) is 0 Å². The normalized spacial score (nSPS) is 16.1. The monoisotopic (exact) mass is 681 g/mol. The van der Waals surface area contributed by atoms with Gasteiger partial charge in [-0.05, 0) is 60.9 Å². The molecule has 1 unspecified atom stereocenters. The average molecular weight is 683 g/mol. The quantitative estimate of drug-likeness (QED) is 0.0604. The van der Waals surface area contributed by atoms with Crippen LogP contribution in [0.15, 0.2) is 64.6 Å². The van der Waals surface area contributed by atoms with E-state index in [-0.39, 0.29) is 16.4 Å². The zero-order chi connectivity index (χ0) is 32.0. The molecule has 0 bridgehead atoms. The zero-order valence-electron chi connectivity index (χ0n) is 24.4. The van der Waals surface area contributed by atoms with Crippen LogP contribution in [0.1, 0.15) is 34.1 Å². The summed E-state index contributed by atoms with van der Waals surface area (Å²) in [5.41, 5.74) is 3.53. The van der Waals surface area contributed by atoms with Crippen LogP contribution in [0.5, 0.6) is 11.5 Å². The highest BCUT2D eigenvalue weighted by molar-refractivity contribution is 8.00. The number of hydrogen-bond acceptors (Lipinski definition) is 10. The Bertz CT molecular complexity index is 2020. The lowest BCUT2D eigenvalue weighted by atomic mass is 9.96. The number of methoxy groups -OCH3 is 2. The van der Waals surface area contributed by atoms with Crippen molar-refractivity contribution in [3.63, 3.8) is 0 Å². The molecule has 45 heavy (non-hydrogen) atoms. The van der Waals surface area contributed by atoms with Gasteiger partial charge in [-0.2, -0.15) is 0 Å². The third kappa shape index (κ3) is 5.52. The molecule has 1 atom stereocenters. The number of aryl methyl sites for hydroxylation is 2. The molecule has 0 aliphatic carbocycles. The van der Waals surface area contributed by atoms with Gasteiger partial charge in [0.1, 0.15) is 11.3 Å². The van der Waals surface area contributed by atoms with Crippen molar-refractivity contribution < 1.29 is 24.2 Å². The highest BCUT2D eigenvalue weighted by atomic mass is 35.5. The number of aliphatic hydroxyl groups excluding tert-OH is 1. The Morgan fingerprint density at radius 1 is 1.04 bits per heavy atom. The minimum Gasteiger partial charge on any atom is -0.505 e. The van der Waals surface area contributed by atoms with E-state index in [1.54, 1.807) is 37.3 Å². The summed E-state index contributed by atoms with van der Waals surface area (Å²) in [5, 5.41) is 21.5. The number of benzene rings is 2. The maximum atomic E-state index is 13.8. The fraction of sp³-hybridized carbons (Fsp3) is 0.194. The number of carbonyl (C=O) groups excluding carboxylic acids is 2. The number of fused-ring (bicyclic) bond motifs is 1. The van der Waals surface area contributed by atoms with E-state index < -0.39 is 23.5 Å². The van der Waals surface area contributed by atoms with Gasteiger partial charge in [-0.3, -0.25) is 14.5 Å². The minimum atomic E-state index is -1.06. The Balaban J connectivity index is 1.46. The van der Waals surface area contributed by atoms with E-state index >= 15 is 0 Å². The minimum absolute atomic E-state index is 0.131. The van der Waals surface area contributed by atoms with E-state index in [0.717, 1.165) is 22.5 Å². The van der Waals surface area contributed by atoms with Crippen molar-refractivity contribution in [3.05, 3.63) is 98.4 Å². The first kappa shape index (κ1) is 30.9. The predicted octanol–water partition coefficient (Wildman–Crippen LogP) is 7.05. The zero-order valence-corrected chi connectivity index (χ0v) is 27.5. The van der Waals surface area contributed by atoms with Crippen LogP contribution in [-0.2, 0) is 15.3 Å².